The lowest BCUT2D eigenvalue weighted by atomic mass is 10.1. The van der Waals surface area contributed by atoms with Crippen LogP contribution in [0.15, 0.2) is 84.9 Å². The highest BCUT2D eigenvalue weighted by molar-refractivity contribution is 5.92. The fourth-order valence-electron chi connectivity index (χ4n) is 8.01. The summed E-state index contributed by atoms with van der Waals surface area (Å²) < 4.78 is 10.6. The molecule has 0 unspecified atom stereocenters. The third kappa shape index (κ3) is 13.5. The maximum atomic E-state index is 12.6. The Morgan fingerprint density at radius 1 is 0.444 bits per heavy atom. The Morgan fingerprint density at radius 2 is 0.746 bits per heavy atom. The van der Waals surface area contributed by atoms with E-state index in [2.05, 4.69) is 181 Å². The summed E-state index contributed by atoms with van der Waals surface area (Å²) in [6.45, 7) is 3.53. The number of anilines is 4. The molecule has 2 amide bonds. The largest absolute Gasteiger partial charge is 1.00 e. The molecule has 0 aliphatic carbocycles. The Labute approximate surface area is 387 Å². The first-order chi connectivity index (χ1) is 29.4. The van der Waals surface area contributed by atoms with Crippen molar-refractivity contribution in [2.45, 2.75) is 64.5 Å². The number of amides is 2. The number of nitrogens with one attached hydrogen (secondary N) is 2. The number of aromatic nitrogens is 2. The van der Waals surface area contributed by atoms with E-state index in [0.29, 0.717) is 39.1 Å². The van der Waals surface area contributed by atoms with E-state index < -0.39 is 0 Å². The van der Waals surface area contributed by atoms with Crippen LogP contribution in [-0.4, -0.2) is 94.5 Å². The van der Waals surface area contributed by atoms with E-state index in [9.17, 15) is 9.59 Å². The van der Waals surface area contributed by atoms with Crippen molar-refractivity contribution in [1.29, 1.82) is 0 Å². The van der Waals surface area contributed by atoms with E-state index in [1.54, 1.807) is 0 Å². The van der Waals surface area contributed by atoms with Crippen LogP contribution in [0.3, 0.4) is 0 Å². The van der Waals surface area contributed by atoms with E-state index in [4.69, 9.17) is 4.74 Å². The van der Waals surface area contributed by atoms with Gasteiger partial charge in [-0.2, -0.15) is 9.13 Å². The van der Waals surface area contributed by atoms with Crippen molar-refractivity contribution in [2.75, 3.05) is 102 Å². The van der Waals surface area contributed by atoms with E-state index in [0.717, 1.165) is 51.6 Å². The fourth-order valence-corrected chi connectivity index (χ4v) is 8.01. The SMILES string of the molecule is CN(C)c1ccc2cc3ccc(N(C)C)cc3[n+](CCCCCC(=O)NCCOCCNC(=O)CCCCC[n+]3c4cc(N(C)C)ccc4cc4ccc(N(C)C)cc43)c2c1.[Cl-].[Cl-]. The van der Waals surface area contributed by atoms with Crippen LogP contribution in [0.4, 0.5) is 22.7 Å². The number of nitrogens with zero attached hydrogens (tertiary/aromatic N) is 6. The number of carbonyl (C=O) groups excluding carboxylic acids is 2. The Kier molecular flexibility index (Phi) is 19.3. The summed E-state index contributed by atoms with van der Waals surface area (Å²) >= 11 is 0. The van der Waals surface area contributed by atoms with Crippen LogP contribution < -0.4 is 64.2 Å². The molecular weight excluding hydrogens is 832 g/mol. The van der Waals surface area contributed by atoms with Crippen molar-refractivity contribution >= 4 is 78.2 Å². The summed E-state index contributed by atoms with van der Waals surface area (Å²) in [6.07, 6.45) is 6.56. The van der Waals surface area contributed by atoms with Crippen LogP contribution in [0.1, 0.15) is 51.4 Å². The second kappa shape index (κ2) is 24.1. The average molecular weight is 900 g/mol. The Balaban J connectivity index is 0.00000436. The summed E-state index contributed by atoms with van der Waals surface area (Å²) in [4.78, 5) is 33.7. The first-order valence-corrected chi connectivity index (χ1v) is 22.0. The van der Waals surface area contributed by atoms with Crippen molar-refractivity contribution < 1.29 is 48.3 Å². The molecule has 63 heavy (non-hydrogen) atoms. The van der Waals surface area contributed by atoms with Gasteiger partial charge in [0.1, 0.15) is 13.1 Å². The molecule has 0 fully saturated rings. The molecule has 0 spiro atoms. The molecule has 2 N–H and O–H groups in total. The lowest BCUT2D eigenvalue weighted by Gasteiger charge is -2.15. The zero-order valence-electron chi connectivity index (χ0n) is 38.6. The maximum Gasteiger partial charge on any atom is 0.220 e. The standard InChI is InChI=1S/C50H66N8O3.2ClH/c1-53(2)41-21-17-37-31-38-18-22-42(54(3)4)34-46(38)57(45(37)33-41)27-13-9-11-15-49(59)51-25-29-61-30-26-52-50(60)16-12-10-14-28-58-47-35-43(55(5)6)23-19-39(47)32-40-20-24-44(56(7)8)36-48(40)58;;/h17-24,31-36H,9-16,25-30H2,1-8H3;2*1H. The maximum absolute atomic E-state index is 12.6. The van der Waals surface area contributed by atoms with Gasteiger partial charge in [-0.05, 0) is 86.3 Å². The predicted molar refractivity (Wildman–Crippen MR) is 254 cm³/mol. The van der Waals surface area contributed by atoms with E-state index in [1.165, 1.54) is 66.4 Å². The molecule has 0 aliphatic rings. The highest BCUT2D eigenvalue weighted by Crippen LogP contribution is 2.27. The molecule has 2 aromatic heterocycles. The minimum Gasteiger partial charge on any atom is -1.00 e. The van der Waals surface area contributed by atoms with Gasteiger partial charge in [0, 0.05) is 164 Å². The van der Waals surface area contributed by atoms with Gasteiger partial charge >= 0.3 is 0 Å². The quantitative estimate of drug-likeness (QED) is 0.0603. The van der Waals surface area contributed by atoms with Crippen LogP contribution in [-0.2, 0) is 27.4 Å². The molecule has 0 saturated heterocycles. The van der Waals surface area contributed by atoms with Crippen molar-refractivity contribution in [3.05, 3.63) is 84.9 Å². The van der Waals surface area contributed by atoms with Crippen LogP contribution in [0, 0.1) is 0 Å². The van der Waals surface area contributed by atoms with Crippen LogP contribution >= 0.6 is 0 Å². The first kappa shape index (κ1) is 50.5. The molecule has 0 saturated carbocycles. The van der Waals surface area contributed by atoms with Crippen molar-refractivity contribution in [2.24, 2.45) is 0 Å². The minimum absolute atomic E-state index is 0. The molecule has 0 radical (unpaired) electrons. The molecule has 0 aliphatic heterocycles. The molecule has 13 heteroatoms. The number of unbranched alkanes of at least 4 members (excludes halogenated alkanes) is 4. The second-order valence-electron chi connectivity index (χ2n) is 17.1. The monoisotopic (exact) mass is 898 g/mol. The topological polar surface area (TPSA) is 88.1 Å². The molecule has 6 rings (SSSR count). The molecule has 340 valence electrons. The zero-order valence-corrected chi connectivity index (χ0v) is 40.2. The lowest BCUT2D eigenvalue weighted by Crippen LogP contribution is -3.00. The summed E-state index contributed by atoms with van der Waals surface area (Å²) in [5.41, 5.74) is 9.60. The van der Waals surface area contributed by atoms with Gasteiger partial charge in [0.05, 0.1) is 13.2 Å². The normalized spacial score (nSPS) is 11.0. The van der Waals surface area contributed by atoms with Gasteiger partial charge in [-0.3, -0.25) is 9.59 Å². The summed E-state index contributed by atoms with van der Waals surface area (Å²) in [6, 6.07) is 31.2. The number of rotatable bonds is 22. The highest BCUT2D eigenvalue weighted by Gasteiger charge is 2.19. The van der Waals surface area contributed by atoms with Gasteiger partial charge in [-0.25, -0.2) is 0 Å². The molecule has 11 nitrogen and oxygen atoms in total. The van der Waals surface area contributed by atoms with Gasteiger partial charge in [0.25, 0.3) is 0 Å². The molecule has 0 atom stereocenters. The van der Waals surface area contributed by atoms with E-state index in [1.807, 2.05) is 0 Å². The van der Waals surface area contributed by atoms with Crippen LogP contribution in [0.5, 0.6) is 0 Å². The molecule has 6 aromatic rings. The molecule has 0 bridgehead atoms. The minimum atomic E-state index is 0. The number of carbonyl (C=O) groups is 2. The highest BCUT2D eigenvalue weighted by atomic mass is 35.5. The summed E-state index contributed by atoms with van der Waals surface area (Å²) in [5, 5.41) is 10.9. The Bertz CT molecular complexity index is 2160. The number of halogens is 2. The third-order valence-corrected chi connectivity index (χ3v) is 11.6. The molecular formula is C50H68Cl2N8O3. The number of pyridine rings is 2. The van der Waals surface area contributed by atoms with Crippen LogP contribution in [0.25, 0.3) is 43.6 Å². The number of hydrogen-bond donors (Lipinski definition) is 2. The van der Waals surface area contributed by atoms with Crippen LogP contribution in [0.2, 0.25) is 0 Å². The van der Waals surface area contributed by atoms with Gasteiger partial charge in [0.15, 0.2) is 0 Å². The fraction of sp³-hybridized carbons (Fsp3) is 0.440. The average Bonchev–Trinajstić information content (AvgIpc) is 3.24. The van der Waals surface area contributed by atoms with Crippen molar-refractivity contribution in [3.63, 3.8) is 0 Å². The lowest BCUT2D eigenvalue weighted by molar-refractivity contribution is -0.646. The van der Waals surface area contributed by atoms with Gasteiger partial charge in [0.2, 0.25) is 33.9 Å². The second-order valence-corrected chi connectivity index (χ2v) is 17.1. The summed E-state index contributed by atoms with van der Waals surface area (Å²) in [5.74, 6) is 0.102. The number of aryl methyl sites for hydroxylation is 2. The molecule has 4 aromatic carbocycles. The number of ether oxygens (including phenoxy) is 1. The van der Waals surface area contributed by atoms with Gasteiger partial charge < -0.3 is 59.8 Å². The van der Waals surface area contributed by atoms with E-state index in [-0.39, 0.29) is 36.6 Å². The number of benzene rings is 4. The number of hydrogen-bond acceptors (Lipinski definition) is 7. The van der Waals surface area contributed by atoms with E-state index >= 15 is 0 Å². The predicted octanol–water partition coefficient (Wildman–Crippen LogP) is 1.22. The summed E-state index contributed by atoms with van der Waals surface area (Å²) in [7, 11) is 16.6. The van der Waals surface area contributed by atoms with Crippen molar-refractivity contribution in [3.8, 4) is 0 Å². The Morgan fingerprint density at radius 3 is 1.03 bits per heavy atom. The zero-order chi connectivity index (χ0) is 43.5. The number of fused-ring (bicyclic) bond motifs is 4. The first-order valence-electron chi connectivity index (χ1n) is 22.0. The van der Waals surface area contributed by atoms with Crippen molar-refractivity contribution in [1.82, 2.24) is 10.6 Å². The third-order valence-electron chi connectivity index (χ3n) is 11.6. The Hall–Kier alpha value is -5.10. The smallest absolute Gasteiger partial charge is 0.220 e. The molecule has 2 heterocycles. The van der Waals surface area contributed by atoms with Gasteiger partial charge in [-0.15, -0.1) is 0 Å². The van der Waals surface area contributed by atoms with Gasteiger partial charge in [-0.1, -0.05) is 0 Å².